The fraction of sp³-hybridized carbons (Fsp3) is 0.474. The van der Waals surface area contributed by atoms with E-state index in [0.717, 1.165) is 16.5 Å². The maximum atomic E-state index is 12.3. The molecule has 0 aliphatic carbocycles. The molecule has 0 aliphatic heterocycles. The minimum Gasteiger partial charge on any atom is -0.486 e. The van der Waals surface area contributed by atoms with Crippen LogP contribution in [-0.4, -0.2) is 23.0 Å². The second kappa shape index (κ2) is 11.5. The molecule has 27 heavy (non-hydrogen) atoms. The highest BCUT2D eigenvalue weighted by Gasteiger charge is 2.28. The molecule has 0 spiro atoms. The van der Waals surface area contributed by atoms with Crippen molar-refractivity contribution in [1.29, 1.82) is 0 Å². The number of rotatable bonds is 8. The van der Waals surface area contributed by atoms with Crippen molar-refractivity contribution in [2.75, 3.05) is 6.54 Å². The molecule has 5 nitrogen and oxygen atoms in total. The molecule has 0 saturated heterocycles. The van der Waals surface area contributed by atoms with Crippen LogP contribution in [0.25, 0.3) is 0 Å². The van der Waals surface area contributed by atoms with Crippen molar-refractivity contribution in [2.24, 2.45) is 11.7 Å². The number of carbonyl (C=O) groups excluding carboxylic acids is 1. The smallest absolute Gasteiger partial charge is 0.226 e. The normalized spacial score (nSPS) is 12.5. The van der Waals surface area contributed by atoms with E-state index in [1.54, 1.807) is 0 Å². The fourth-order valence-corrected chi connectivity index (χ4v) is 2.94. The third kappa shape index (κ3) is 7.66. The Bertz CT molecular complexity index is 707. The van der Waals surface area contributed by atoms with E-state index < -0.39 is 5.54 Å². The summed E-state index contributed by atoms with van der Waals surface area (Å²) in [6, 6.07) is 7.90. The van der Waals surface area contributed by atoms with Gasteiger partial charge in [-0.25, -0.2) is 4.98 Å². The van der Waals surface area contributed by atoms with E-state index >= 15 is 0 Å². The number of halogens is 2. The predicted octanol–water partition coefficient (Wildman–Crippen LogP) is 3.91. The van der Waals surface area contributed by atoms with Gasteiger partial charge in [-0.3, -0.25) is 4.79 Å². The Labute approximate surface area is 177 Å². The molecule has 0 radical (unpaired) electrons. The van der Waals surface area contributed by atoms with Gasteiger partial charge in [-0.1, -0.05) is 31.5 Å². The maximum absolute atomic E-state index is 12.3. The molecule has 8 heteroatoms. The summed E-state index contributed by atoms with van der Waals surface area (Å²) in [6.07, 6.45) is 0.253. The number of nitrogens with zero attached hydrogens (tertiary/aromatic N) is 1. The number of hydrogen-bond donors (Lipinski definition) is 2. The van der Waals surface area contributed by atoms with E-state index in [4.69, 9.17) is 10.5 Å². The molecule has 1 atom stereocenters. The Balaban J connectivity index is 0.00000338. The largest absolute Gasteiger partial charge is 0.486 e. The first-order chi connectivity index (χ1) is 11.8. The highest BCUT2D eigenvalue weighted by Crippen LogP contribution is 2.18. The Morgan fingerprint density at radius 1 is 1.30 bits per heavy atom. The SMILES string of the molecule is Cc1ccc(OCc2nc(CC(=O)NC(C)(CN)C(C)C)cs2)cc1.Cl.Cl. The van der Waals surface area contributed by atoms with Gasteiger partial charge >= 0.3 is 0 Å². The van der Waals surface area contributed by atoms with Gasteiger partial charge < -0.3 is 15.8 Å². The first-order valence-corrected chi connectivity index (χ1v) is 9.34. The average Bonchev–Trinajstić information content (AvgIpc) is 3.01. The highest BCUT2D eigenvalue weighted by molar-refractivity contribution is 7.09. The zero-order valence-electron chi connectivity index (χ0n) is 16.2. The van der Waals surface area contributed by atoms with Crippen LogP contribution >= 0.6 is 36.2 Å². The van der Waals surface area contributed by atoms with Crippen LogP contribution in [-0.2, 0) is 17.8 Å². The van der Waals surface area contributed by atoms with Gasteiger partial charge in [0.05, 0.1) is 17.7 Å². The summed E-state index contributed by atoms with van der Waals surface area (Å²) < 4.78 is 5.73. The van der Waals surface area contributed by atoms with E-state index in [0.29, 0.717) is 13.2 Å². The fourth-order valence-electron chi connectivity index (χ4n) is 2.23. The molecule has 0 saturated carbocycles. The van der Waals surface area contributed by atoms with Crippen molar-refractivity contribution in [3.05, 3.63) is 45.9 Å². The quantitative estimate of drug-likeness (QED) is 0.661. The topological polar surface area (TPSA) is 77.2 Å². The predicted molar refractivity (Wildman–Crippen MR) is 116 cm³/mol. The molecule has 0 fully saturated rings. The van der Waals surface area contributed by atoms with Crippen LogP contribution in [0.15, 0.2) is 29.6 Å². The number of nitrogens with one attached hydrogen (secondary N) is 1. The van der Waals surface area contributed by atoms with Gasteiger partial charge in [0.25, 0.3) is 0 Å². The molecule has 1 amide bonds. The molecule has 1 unspecified atom stereocenters. The zero-order chi connectivity index (χ0) is 18.4. The van der Waals surface area contributed by atoms with Crippen molar-refractivity contribution in [3.63, 3.8) is 0 Å². The Hall–Kier alpha value is -1.34. The number of carbonyl (C=O) groups is 1. The second-order valence-corrected chi connectivity index (χ2v) is 7.78. The van der Waals surface area contributed by atoms with Gasteiger partial charge in [-0.05, 0) is 31.9 Å². The van der Waals surface area contributed by atoms with Crippen molar-refractivity contribution in [3.8, 4) is 5.75 Å². The number of aromatic nitrogens is 1. The molecule has 1 aromatic heterocycles. The summed E-state index contributed by atoms with van der Waals surface area (Å²) in [6.45, 7) is 8.92. The number of ether oxygens (including phenoxy) is 1. The first kappa shape index (κ1) is 25.7. The molecule has 0 bridgehead atoms. The Morgan fingerprint density at radius 3 is 2.48 bits per heavy atom. The van der Waals surface area contributed by atoms with Gasteiger partial charge in [-0.15, -0.1) is 36.2 Å². The van der Waals surface area contributed by atoms with Crippen molar-refractivity contribution < 1.29 is 9.53 Å². The third-order valence-electron chi connectivity index (χ3n) is 4.45. The molecule has 1 aromatic carbocycles. The summed E-state index contributed by atoms with van der Waals surface area (Å²) in [7, 11) is 0. The molecule has 2 rings (SSSR count). The number of benzene rings is 1. The number of aryl methyl sites for hydroxylation is 1. The van der Waals surface area contributed by atoms with Crippen LogP contribution < -0.4 is 15.8 Å². The lowest BCUT2D eigenvalue weighted by molar-refractivity contribution is -0.122. The molecule has 152 valence electrons. The Morgan fingerprint density at radius 2 is 1.93 bits per heavy atom. The monoisotopic (exact) mass is 433 g/mol. The van der Waals surface area contributed by atoms with Gasteiger partial charge in [0.2, 0.25) is 5.91 Å². The van der Waals surface area contributed by atoms with E-state index in [1.807, 2.05) is 43.5 Å². The molecule has 1 heterocycles. The lowest BCUT2D eigenvalue weighted by atomic mass is 9.88. The van der Waals surface area contributed by atoms with Gasteiger partial charge in [0.15, 0.2) is 0 Å². The molecular formula is C19H29Cl2N3O2S. The molecule has 3 N–H and O–H groups in total. The van der Waals surface area contributed by atoms with Gasteiger partial charge in [-0.2, -0.15) is 0 Å². The minimum atomic E-state index is -0.398. The lowest BCUT2D eigenvalue weighted by Gasteiger charge is -2.33. The van der Waals surface area contributed by atoms with Crippen LogP contribution in [0.3, 0.4) is 0 Å². The Kier molecular flexibility index (Phi) is 10.9. The van der Waals surface area contributed by atoms with Crippen LogP contribution in [0.2, 0.25) is 0 Å². The summed E-state index contributed by atoms with van der Waals surface area (Å²) in [5.41, 5.74) is 7.37. The van der Waals surface area contributed by atoms with Gasteiger partial charge in [0.1, 0.15) is 17.4 Å². The molecular weight excluding hydrogens is 405 g/mol. The van der Waals surface area contributed by atoms with Crippen LogP contribution in [0.1, 0.15) is 37.0 Å². The van der Waals surface area contributed by atoms with E-state index in [-0.39, 0.29) is 43.1 Å². The summed E-state index contributed by atoms with van der Waals surface area (Å²) in [5.74, 6) is 1.02. The summed E-state index contributed by atoms with van der Waals surface area (Å²) in [5, 5.41) is 5.79. The van der Waals surface area contributed by atoms with Crippen LogP contribution in [0.5, 0.6) is 5.75 Å². The van der Waals surface area contributed by atoms with Crippen molar-refractivity contribution >= 4 is 42.1 Å². The van der Waals surface area contributed by atoms with Crippen LogP contribution in [0, 0.1) is 12.8 Å². The average molecular weight is 434 g/mol. The lowest BCUT2D eigenvalue weighted by Crippen LogP contribution is -2.55. The van der Waals surface area contributed by atoms with E-state index in [9.17, 15) is 4.79 Å². The van der Waals surface area contributed by atoms with Gasteiger partial charge in [0, 0.05) is 11.9 Å². The standard InChI is InChI=1S/C19H27N3O2S.2ClH/c1-13(2)19(4,12-20)22-17(23)9-15-11-25-18(21-15)10-24-16-7-5-14(3)6-8-16;;/h5-8,11,13H,9-10,12,20H2,1-4H3,(H,22,23);2*1H. The maximum Gasteiger partial charge on any atom is 0.226 e. The summed E-state index contributed by atoms with van der Waals surface area (Å²) in [4.78, 5) is 16.8. The summed E-state index contributed by atoms with van der Waals surface area (Å²) >= 11 is 1.50. The van der Waals surface area contributed by atoms with Crippen molar-refractivity contribution in [2.45, 2.75) is 46.3 Å². The number of thiazole rings is 1. The number of hydrogen-bond acceptors (Lipinski definition) is 5. The number of amides is 1. The van der Waals surface area contributed by atoms with E-state index in [2.05, 4.69) is 24.1 Å². The second-order valence-electron chi connectivity index (χ2n) is 6.84. The highest BCUT2D eigenvalue weighted by atomic mass is 35.5. The van der Waals surface area contributed by atoms with Crippen LogP contribution in [0.4, 0.5) is 0 Å². The minimum absolute atomic E-state index is 0. The molecule has 2 aromatic rings. The van der Waals surface area contributed by atoms with E-state index in [1.165, 1.54) is 16.9 Å². The zero-order valence-corrected chi connectivity index (χ0v) is 18.6. The first-order valence-electron chi connectivity index (χ1n) is 8.46. The van der Waals surface area contributed by atoms with Crippen molar-refractivity contribution in [1.82, 2.24) is 10.3 Å². The molecule has 0 aliphatic rings. The third-order valence-corrected chi connectivity index (χ3v) is 5.32. The number of nitrogens with two attached hydrogens (primary N) is 1.